The first kappa shape index (κ1) is 25.2. The molecule has 182 valence electrons. The van der Waals surface area contributed by atoms with E-state index in [1.807, 2.05) is 50.2 Å². The SMILES string of the molecule is COCCNC(=O)[C@H](NC(=O)c1ccc(C)cc1)C1CCN(C(=O)Nc2ccc(C)cc2)CC1. The predicted octanol–water partition coefficient (Wildman–Crippen LogP) is 3.11. The van der Waals surface area contributed by atoms with Gasteiger partial charge in [-0.25, -0.2) is 4.79 Å². The molecule has 0 spiro atoms. The normalized spacial score (nSPS) is 14.9. The number of hydrogen-bond donors (Lipinski definition) is 3. The van der Waals surface area contributed by atoms with E-state index in [0.717, 1.165) is 16.8 Å². The fraction of sp³-hybridized carbons (Fsp3) is 0.423. The lowest BCUT2D eigenvalue weighted by atomic mass is 9.88. The van der Waals surface area contributed by atoms with Gasteiger partial charge in [0.15, 0.2) is 0 Å². The van der Waals surface area contributed by atoms with Crippen molar-refractivity contribution in [1.82, 2.24) is 15.5 Å². The summed E-state index contributed by atoms with van der Waals surface area (Å²) in [6.45, 7) is 5.72. The van der Waals surface area contributed by atoms with E-state index in [-0.39, 0.29) is 23.8 Å². The molecule has 0 radical (unpaired) electrons. The number of nitrogens with one attached hydrogen (secondary N) is 3. The van der Waals surface area contributed by atoms with E-state index < -0.39 is 6.04 Å². The first-order valence-electron chi connectivity index (χ1n) is 11.6. The maximum absolute atomic E-state index is 12.9. The van der Waals surface area contributed by atoms with Crippen LogP contribution in [-0.4, -0.2) is 62.1 Å². The Balaban J connectivity index is 1.62. The van der Waals surface area contributed by atoms with Gasteiger partial charge in [-0.15, -0.1) is 0 Å². The Labute approximate surface area is 201 Å². The zero-order valence-corrected chi connectivity index (χ0v) is 20.1. The Morgan fingerprint density at radius 1 is 0.971 bits per heavy atom. The predicted molar refractivity (Wildman–Crippen MR) is 132 cm³/mol. The van der Waals surface area contributed by atoms with Crippen molar-refractivity contribution in [2.75, 3.05) is 38.7 Å². The van der Waals surface area contributed by atoms with E-state index in [4.69, 9.17) is 4.74 Å². The summed E-state index contributed by atoms with van der Waals surface area (Å²) in [7, 11) is 1.57. The molecule has 1 aliphatic rings. The van der Waals surface area contributed by atoms with Crippen LogP contribution in [0.3, 0.4) is 0 Å². The van der Waals surface area contributed by atoms with Crippen LogP contribution in [0.25, 0.3) is 0 Å². The van der Waals surface area contributed by atoms with Gasteiger partial charge in [-0.1, -0.05) is 35.4 Å². The summed E-state index contributed by atoms with van der Waals surface area (Å²) in [4.78, 5) is 40.2. The third-order valence-electron chi connectivity index (χ3n) is 6.09. The van der Waals surface area contributed by atoms with Gasteiger partial charge in [0, 0.05) is 38.0 Å². The number of hydrogen-bond acceptors (Lipinski definition) is 4. The second-order valence-electron chi connectivity index (χ2n) is 8.72. The Morgan fingerprint density at radius 2 is 1.56 bits per heavy atom. The van der Waals surface area contributed by atoms with Crippen LogP contribution in [0.5, 0.6) is 0 Å². The summed E-state index contributed by atoms with van der Waals surface area (Å²) in [6.07, 6.45) is 1.22. The van der Waals surface area contributed by atoms with Gasteiger partial charge < -0.3 is 25.6 Å². The van der Waals surface area contributed by atoms with Gasteiger partial charge in [0.05, 0.1) is 6.61 Å². The number of methoxy groups -OCH3 is 1. The molecule has 34 heavy (non-hydrogen) atoms. The Hall–Kier alpha value is -3.39. The van der Waals surface area contributed by atoms with E-state index >= 15 is 0 Å². The van der Waals surface area contributed by atoms with E-state index in [1.54, 1.807) is 24.1 Å². The Morgan fingerprint density at radius 3 is 2.15 bits per heavy atom. The van der Waals surface area contributed by atoms with Crippen molar-refractivity contribution in [1.29, 1.82) is 0 Å². The molecule has 0 bridgehead atoms. The van der Waals surface area contributed by atoms with Crippen LogP contribution in [0.1, 0.15) is 34.3 Å². The first-order valence-corrected chi connectivity index (χ1v) is 11.6. The molecule has 0 aliphatic carbocycles. The maximum atomic E-state index is 12.9. The third-order valence-corrected chi connectivity index (χ3v) is 6.09. The highest BCUT2D eigenvalue weighted by atomic mass is 16.5. The van der Waals surface area contributed by atoms with E-state index in [1.165, 1.54) is 0 Å². The Bertz CT molecular complexity index is 967. The average molecular weight is 467 g/mol. The summed E-state index contributed by atoms with van der Waals surface area (Å²) < 4.78 is 5.02. The van der Waals surface area contributed by atoms with Gasteiger partial charge in [-0.3, -0.25) is 9.59 Å². The highest BCUT2D eigenvalue weighted by molar-refractivity contribution is 5.97. The molecule has 0 unspecified atom stereocenters. The number of carbonyl (C=O) groups excluding carboxylic acids is 3. The van der Waals surface area contributed by atoms with Gasteiger partial charge in [0.25, 0.3) is 5.91 Å². The number of benzene rings is 2. The number of ether oxygens (including phenoxy) is 1. The average Bonchev–Trinajstić information content (AvgIpc) is 2.84. The molecule has 2 aromatic carbocycles. The highest BCUT2D eigenvalue weighted by Gasteiger charge is 2.34. The Kier molecular flexibility index (Phi) is 9.04. The third kappa shape index (κ3) is 7.05. The van der Waals surface area contributed by atoms with Crippen molar-refractivity contribution in [3.63, 3.8) is 0 Å². The van der Waals surface area contributed by atoms with Gasteiger partial charge in [-0.05, 0) is 56.9 Å². The van der Waals surface area contributed by atoms with Crippen LogP contribution in [0.15, 0.2) is 48.5 Å². The number of aryl methyl sites for hydroxylation is 2. The molecule has 1 atom stereocenters. The smallest absolute Gasteiger partial charge is 0.321 e. The number of nitrogens with zero attached hydrogens (tertiary/aromatic N) is 1. The zero-order chi connectivity index (χ0) is 24.5. The second-order valence-corrected chi connectivity index (χ2v) is 8.72. The molecule has 1 heterocycles. The van der Waals surface area contributed by atoms with Crippen LogP contribution in [-0.2, 0) is 9.53 Å². The molecule has 2 aromatic rings. The number of rotatable bonds is 8. The summed E-state index contributed by atoms with van der Waals surface area (Å²) in [5, 5.41) is 8.70. The zero-order valence-electron chi connectivity index (χ0n) is 20.1. The fourth-order valence-electron chi connectivity index (χ4n) is 3.99. The molecule has 0 saturated carbocycles. The van der Waals surface area contributed by atoms with Crippen molar-refractivity contribution in [2.45, 2.75) is 32.7 Å². The van der Waals surface area contributed by atoms with Crippen molar-refractivity contribution in [2.24, 2.45) is 5.92 Å². The topological polar surface area (TPSA) is 99.8 Å². The lowest BCUT2D eigenvalue weighted by Crippen LogP contribution is -2.54. The summed E-state index contributed by atoms with van der Waals surface area (Å²) >= 11 is 0. The minimum absolute atomic E-state index is 0.0830. The molecule has 3 N–H and O–H groups in total. The maximum Gasteiger partial charge on any atom is 0.321 e. The highest BCUT2D eigenvalue weighted by Crippen LogP contribution is 2.22. The number of anilines is 1. The van der Waals surface area contributed by atoms with Crippen LogP contribution >= 0.6 is 0 Å². The quantitative estimate of drug-likeness (QED) is 0.521. The van der Waals surface area contributed by atoms with E-state index in [2.05, 4.69) is 16.0 Å². The molecule has 1 aliphatic heterocycles. The van der Waals surface area contributed by atoms with E-state index in [9.17, 15) is 14.4 Å². The minimum Gasteiger partial charge on any atom is -0.383 e. The van der Waals surface area contributed by atoms with Gasteiger partial charge >= 0.3 is 6.03 Å². The molecule has 3 rings (SSSR count). The largest absolute Gasteiger partial charge is 0.383 e. The van der Waals surface area contributed by atoms with Gasteiger partial charge in [-0.2, -0.15) is 0 Å². The monoisotopic (exact) mass is 466 g/mol. The fourth-order valence-corrected chi connectivity index (χ4v) is 3.99. The number of piperidine rings is 1. The lowest BCUT2D eigenvalue weighted by molar-refractivity contribution is -0.124. The van der Waals surface area contributed by atoms with Crippen LogP contribution in [0, 0.1) is 19.8 Å². The minimum atomic E-state index is -0.687. The van der Waals surface area contributed by atoms with Crippen LogP contribution in [0.4, 0.5) is 10.5 Å². The van der Waals surface area contributed by atoms with Crippen molar-refractivity contribution in [3.8, 4) is 0 Å². The second kappa shape index (κ2) is 12.2. The molecule has 4 amide bonds. The molecule has 8 heteroatoms. The van der Waals surface area contributed by atoms with Crippen molar-refractivity contribution >= 4 is 23.5 Å². The van der Waals surface area contributed by atoms with E-state index in [0.29, 0.717) is 44.6 Å². The lowest BCUT2D eigenvalue weighted by Gasteiger charge is -2.35. The molecular weight excluding hydrogens is 432 g/mol. The number of likely N-dealkylation sites (tertiary alicyclic amines) is 1. The number of urea groups is 1. The summed E-state index contributed by atoms with van der Waals surface area (Å²) in [5.74, 6) is -0.605. The van der Waals surface area contributed by atoms with Gasteiger partial charge in [0.1, 0.15) is 6.04 Å². The molecule has 0 aromatic heterocycles. The number of amides is 4. The first-order chi connectivity index (χ1) is 16.4. The van der Waals surface area contributed by atoms with Crippen molar-refractivity contribution < 1.29 is 19.1 Å². The number of carbonyl (C=O) groups is 3. The molecular formula is C26H34N4O4. The molecule has 8 nitrogen and oxygen atoms in total. The summed E-state index contributed by atoms with van der Waals surface area (Å²) in [6, 6.07) is 14.0. The summed E-state index contributed by atoms with van der Waals surface area (Å²) in [5.41, 5.74) is 3.44. The van der Waals surface area contributed by atoms with Crippen molar-refractivity contribution in [3.05, 3.63) is 65.2 Å². The van der Waals surface area contributed by atoms with Crippen LogP contribution < -0.4 is 16.0 Å². The molecule has 1 saturated heterocycles. The van der Waals surface area contributed by atoms with Gasteiger partial charge in [0.2, 0.25) is 5.91 Å². The molecule has 1 fully saturated rings. The standard InChI is InChI=1S/C26H34N4O4/c1-18-4-8-21(9-5-18)24(31)29-23(25(32)27-14-17-34-3)20-12-15-30(16-13-20)26(33)28-22-10-6-19(2)7-11-22/h4-11,20,23H,12-17H2,1-3H3,(H,27,32)(H,28,33)(H,29,31)/t23-/m1/s1. The van der Waals surface area contributed by atoms with Crippen LogP contribution in [0.2, 0.25) is 0 Å².